The van der Waals surface area contributed by atoms with Crippen LogP contribution in [0.2, 0.25) is 0 Å². The Morgan fingerprint density at radius 2 is 2.05 bits per heavy atom. The van der Waals surface area contributed by atoms with Crippen molar-refractivity contribution in [3.05, 3.63) is 66.3 Å². The van der Waals surface area contributed by atoms with Gasteiger partial charge in [-0.1, -0.05) is 55.1 Å². The van der Waals surface area contributed by atoms with Gasteiger partial charge in [-0.2, -0.15) is 0 Å². The van der Waals surface area contributed by atoms with Crippen molar-refractivity contribution >= 4 is 12.0 Å². The molecule has 1 aromatic rings. The minimum Gasteiger partial charge on any atom is -0.457 e. The van der Waals surface area contributed by atoms with Gasteiger partial charge in [0.05, 0.1) is 0 Å². The Morgan fingerprint density at radius 3 is 2.80 bits per heavy atom. The summed E-state index contributed by atoms with van der Waals surface area (Å²) >= 11 is 0. The lowest BCUT2D eigenvalue weighted by Gasteiger charge is -2.16. The van der Waals surface area contributed by atoms with Gasteiger partial charge < -0.3 is 4.74 Å². The van der Waals surface area contributed by atoms with Crippen molar-refractivity contribution in [1.29, 1.82) is 0 Å². The van der Waals surface area contributed by atoms with Gasteiger partial charge >= 0.3 is 5.97 Å². The summed E-state index contributed by atoms with van der Waals surface area (Å²) in [5.74, 6) is -0.0986. The molecule has 2 heteroatoms. The molecule has 1 aliphatic heterocycles. The van der Waals surface area contributed by atoms with E-state index in [9.17, 15) is 4.79 Å². The molecule has 1 saturated heterocycles. The van der Waals surface area contributed by atoms with Crippen LogP contribution in [0.5, 0.6) is 0 Å². The molecule has 1 unspecified atom stereocenters. The molecule has 0 saturated carbocycles. The smallest absolute Gasteiger partial charge is 0.306 e. The maximum Gasteiger partial charge on any atom is 0.306 e. The molecule has 1 atom stereocenters. The van der Waals surface area contributed by atoms with Crippen LogP contribution in [0.3, 0.4) is 0 Å². The lowest BCUT2D eigenvalue weighted by atomic mass is 10.0. The van der Waals surface area contributed by atoms with E-state index in [-0.39, 0.29) is 12.1 Å². The highest BCUT2D eigenvalue weighted by molar-refractivity contribution is 5.70. The Balaban J connectivity index is 2.26. The number of ether oxygens (including phenoxy) is 1. The number of carbonyl (C=O) groups excluding carboxylic acids is 1. The first-order valence-corrected chi connectivity index (χ1v) is 7.05. The quantitative estimate of drug-likeness (QED) is 0.601. The second-order valence-electron chi connectivity index (χ2n) is 4.87. The fourth-order valence-corrected chi connectivity index (χ4v) is 2.28. The second kappa shape index (κ2) is 7.49. The number of rotatable bonds is 4. The van der Waals surface area contributed by atoms with Gasteiger partial charge in [0.1, 0.15) is 6.10 Å². The molecule has 2 rings (SSSR count). The van der Waals surface area contributed by atoms with Crippen LogP contribution in [0.1, 0.15) is 31.2 Å². The van der Waals surface area contributed by atoms with E-state index in [1.54, 1.807) is 6.08 Å². The minimum absolute atomic E-state index is 0.0986. The topological polar surface area (TPSA) is 26.3 Å². The van der Waals surface area contributed by atoms with E-state index in [0.29, 0.717) is 6.42 Å². The standard InChI is InChI=1S/C18H20O2/c1-2-3-11-16(14-15-9-5-4-6-10-15)17-12-7-8-13-18(19)20-17/h2-6,9-11,14,17H,1,7-8,12-13H2. The van der Waals surface area contributed by atoms with Crippen LogP contribution in [-0.2, 0) is 9.53 Å². The van der Waals surface area contributed by atoms with E-state index < -0.39 is 0 Å². The molecule has 0 aliphatic carbocycles. The van der Waals surface area contributed by atoms with E-state index in [1.165, 1.54) is 0 Å². The summed E-state index contributed by atoms with van der Waals surface area (Å²) in [7, 11) is 0. The zero-order chi connectivity index (χ0) is 14.2. The minimum atomic E-state index is -0.151. The molecule has 0 spiro atoms. The molecule has 104 valence electrons. The summed E-state index contributed by atoms with van der Waals surface area (Å²) in [4.78, 5) is 11.6. The van der Waals surface area contributed by atoms with E-state index in [4.69, 9.17) is 4.74 Å². The fraction of sp³-hybridized carbons (Fsp3) is 0.278. The third-order valence-electron chi connectivity index (χ3n) is 3.30. The summed E-state index contributed by atoms with van der Waals surface area (Å²) in [6.45, 7) is 3.70. The SMILES string of the molecule is C=CC=CC(=Cc1ccccc1)C1CCCCC(=O)O1. The van der Waals surface area contributed by atoms with Gasteiger partial charge in [0, 0.05) is 6.42 Å². The molecule has 20 heavy (non-hydrogen) atoms. The first kappa shape index (κ1) is 14.3. The Labute approximate surface area is 120 Å². The number of cyclic esters (lactones) is 1. The summed E-state index contributed by atoms with van der Waals surface area (Å²) < 4.78 is 5.55. The third-order valence-corrected chi connectivity index (χ3v) is 3.30. The Hall–Kier alpha value is -2.09. The molecular weight excluding hydrogens is 248 g/mol. The van der Waals surface area contributed by atoms with Crippen molar-refractivity contribution in [1.82, 2.24) is 0 Å². The Kier molecular flexibility index (Phi) is 5.36. The second-order valence-corrected chi connectivity index (χ2v) is 4.87. The monoisotopic (exact) mass is 268 g/mol. The number of carbonyl (C=O) groups is 1. The van der Waals surface area contributed by atoms with Crippen LogP contribution < -0.4 is 0 Å². The van der Waals surface area contributed by atoms with Crippen LogP contribution >= 0.6 is 0 Å². The molecule has 0 N–H and O–H groups in total. The molecule has 1 aromatic carbocycles. The van der Waals surface area contributed by atoms with Gasteiger partial charge in [0.25, 0.3) is 0 Å². The van der Waals surface area contributed by atoms with E-state index >= 15 is 0 Å². The van der Waals surface area contributed by atoms with E-state index in [2.05, 4.69) is 12.7 Å². The lowest BCUT2D eigenvalue weighted by molar-refractivity contribution is -0.146. The van der Waals surface area contributed by atoms with Crippen molar-refractivity contribution in [3.8, 4) is 0 Å². The predicted molar refractivity (Wildman–Crippen MR) is 82.1 cm³/mol. The van der Waals surface area contributed by atoms with Gasteiger partial charge in [-0.3, -0.25) is 4.79 Å². The van der Waals surface area contributed by atoms with Crippen molar-refractivity contribution < 1.29 is 9.53 Å². The molecule has 0 aromatic heterocycles. The summed E-state index contributed by atoms with van der Waals surface area (Å²) in [5.41, 5.74) is 2.13. The van der Waals surface area contributed by atoms with Crippen LogP contribution in [-0.4, -0.2) is 12.1 Å². The van der Waals surface area contributed by atoms with Crippen molar-refractivity contribution in [2.45, 2.75) is 31.8 Å². The summed E-state index contributed by atoms with van der Waals surface area (Å²) in [6, 6.07) is 10.1. The zero-order valence-corrected chi connectivity index (χ0v) is 11.6. The Bertz CT molecular complexity index is 511. The maximum atomic E-state index is 11.6. The largest absolute Gasteiger partial charge is 0.457 e. The highest BCUT2D eigenvalue weighted by atomic mass is 16.5. The van der Waals surface area contributed by atoms with Crippen molar-refractivity contribution in [2.24, 2.45) is 0 Å². The normalized spacial score (nSPS) is 20.5. The molecule has 1 aliphatic rings. The van der Waals surface area contributed by atoms with Crippen LogP contribution in [0, 0.1) is 0 Å². The lowest BCUT2D eigenvalue weighted by Crippen LogP contribution is -2.17. The zero-order valence-electron chi connectivity index (χ0n) is 11.6. The number of benzene rings is 1. The average molecular weight is 268 g/mol. The number of hydrogen-bond acceptors (Lipinski definition) is 2. The summed E-state index contributed by atoms with van der Waals surface area (Å²) in [6.07, 6.45) is 10.9. The number of hydrogen-bond donors (Lipinski definition) is 0. The fourth-order valence-electron chi connectivity index (χ4n) is 2.28. The van der Waals surface area contributed by atoms with Crippen LogP contribution in [0.4, 0.5) is 0 Å². The molecule has 1 heterocycles. The van der Waals surface area contributed by atoms with Crippen molar-refractivity contribution in [3.63, 3.8) is 0 Å². The van der Waals surface area contributed by atoms with Crippen molar-refractivity contribution in [2.75, 3.05) is 0 Å². The molecule has 0 amide bonds. The summed E-state index contributed by atoms with van der Waals surface area (Å²) in [5, 5.41) is 0. The first-order valence-electron chi connectivity index (χ1n) is 7.05. The molecule has 0 radical (unpaired) electrons. The van der Waals surface area contributed by atoms with Crippen LogP contribution in [0.25, 0.3) is 6.08 Å². The number of esters is 1. The van der Waals surface area contributed by atoms with Gasteiger partial charge in [-0.25, -0.2) is 0 Å². The number of allylic oxidation sites excluding steroid dienone is 2. The van der Waals surface area contributed by atoms with Gasteiger partial charge in [0.2, 0.25) is 0 Å². The molecule has 2 nitrogen and oxygen atoms in total. The van der Waals surface area contributed by atoms with Crippen LogP contribution in [0.15, 0.2) is 60.7 Å². The van der Waals surface area contributed by atoms with E-state index in [0.717, 1.165) is 30.4 Å². The van der Waals surface area contributed by atoms with Gasteiger partial charge in [-0.05, 0) is 36.5 Å². The Morgan fingerprint density at radius 1 is 1.25 bits per heavy atom. The molecule has 1 fully saturated rings. The van der Waals surface area contributed by atoms with E-state index in [1.807, 2.05) is 42.5 Å². The molecule has 0 bridgehead atoms. The predicted octanol–water partition coefficient (Wildman–Crippen LogP) is 4.30. The highest BCUT2D eigenvalue weighted by Gasteiger charge is 2.20. The maximum absolute atomic E-state index is 11.6. The highest BCUT2D eigenvalue weighted by Crippen LogP contribution is 2.23. The average Bonchev–Trinajstić information content (AvgIpc) is 2.69. The first-order chi connectivity index (χ1) is 9.79. The third kappa shape index (κ3) is 4.23. The van der Waals surface area contributed by atoms with Gasteiger partial charge in [-0.15, -0.1) is 0 Å². The molecular formula is C18H20O2. The van der Waals surface area contributed by atoms with Gasteiger partial charge in [0.15, 0.2) is 0 Å².